The molecule has 0 atom stereocenters. The van der Waals surface area contributed by atoms with Crippen molar-refractivity contribution in [1.82, 2.24) is 4.98 Å². The van der Waals surface area contributed by atoms with Gasteiger partial charge in [-0.25, -0.2) is 13.4 Å². The van der Waals surface area contributed by atoms with Crippen molar-refractivity contribution in [1.29, 1.82) is 0 Å². The Morgan fingerprint density at radius 3 is 2.65 bits per heavy atom. The first kappa shape index (κ1) is 15.5. The number of carbonyl (C=O) groups excluding carboxylic acids is 1. The van der Waals surface area contributed by atoms with Crippen molar-refractivity contribution in [2.24, 2.45) is 0 Å². The number of nitrogens with zero attached hydrogens (tertiary/aromatic N) is 1. The zero-order valence-corrected chi connectivity index (χ0v) is 13.4. The largest absolute Gasteiger partial charge is 0.550 e. The highest BCUT2D eigenvalue weighted by molar-refractivity contribution is 7.93. The summed E-state index contributed by atoms with van der Waals surface area (Å²) in [6.45, 7) is 0. The van der Waals surface area contributed by atoms with Crippen molar-refractivity contribution < 1.29 is 18.3 Å². The number of halogens is 2. The molecule has 0 radical (unpaired) electrons. The molecule has 1 N–H and O–H groups in total. The smallest absolute Gasteiger partial charge is 0.266 e. The first-order valence-corrected chi connectivity index (χ1v) is 8.77. The van der Waals surface area contributed by atoms with Gasteiger partial charge >= 0.3 is 0 Å². The van der Waals surface area contributed by atoms with Crippen LogP contribution in [0.5, 0.6) is 0 Å². The van der Waals surface area contributed by atoms with Gasteiger partial charge in [-0.3, -0.25) is 4.72 Å². The standard InChI is InChI=1S/C9H6Cl2N2O4S3/c10-6-2-5(8(11)19-6)20(16,17)13-9-12-3-4(18-9)1-7(14)15/h2-3H,1H2,(H,12,13)(H,14,15)/p-1. The molecule has 0 amide bonds. The van der Waals surface area contributed by atoms with E-state index >= 15 is 0 Å². The number of nitrogens with one attached hydrogen (secondary N) is 1. The van der Waals surface area contributed by atoms with Crippen molar-refractivity contribution >= 4 is 67.0 Å². The van der Waals surface area contributed by atoms with Crippen LogP contribution in [0.15, 0.2) is 17.2 Å². The Bertz CT molecular complexity index is 753. The molecule has 0 aromatic carbocycles. The van der Waals surface area contributed by atoms with Crippen LogP contribution in [0.1, 0.15) is 4.88 Å². The molecular formula is C9H5Cl2N2O4S3-. The fourth-order valence-electron chi connectivity index (χ4n) is 1.26. The highest BCUT2D eigenvalue weighted by Crippen LogP contribution is 2.35. The molecule has 0 aliphatic carbocycles. The zero-order chi connectivity index (χ0) is 14.9. The Morgan fingerprint density at radius 1 is 1.40 bits per heavy atom. The van der Waals surface area contributed by atoms with Crippen LogP contribution in [0.25, 0.3) is 0 Å². The number of thiazole rings is 1. The topological polar surface area (TPSA) is 99.2 Å². The van der Waals surface area contributed by atoms with Crippen molar-refractivity contribution in [3.05, 3.63) is 25.8 Å². The van der Waals surface area contributed by atoms with Crippen LogP contribution in [-0.2, 0) is 21.2 Å². The molecule has 20 heavy (non-hydrogen) atoms. The number of aliphatic carboxylic acids is 1. The molecule has 2 aromatic rings. The third-order valence-electron chi connectivity index (χ3n) is 2.01. The van der Waals surface area contributed by atoms with E-state index in [4.69, 9.17) is 23.2 Å². The summed E-state index contributed by atoms with van der Waals surface area (Å²) < 4.78 is 26.6. The van der Waals surface area contributed by atoms with E-state index < -0.39 is 16.0 Å². The molecular weight excluding hydrogens is 367 g/mol. The van der Waals surface area contributed by atoms with Gasteiger partial charge in [0.25, 0.3) is 10.0 Å². The number of carbonyl (C=O) groups is 1. The van der Waals surface area contributed by atoms with Gasteiger partial charge in [-0.15, -0.1) is 22.7 Å². The lowest BCUT2D eigenvalue weighted by Gasteiger charge is -2.03. The molecule has 0 fully saturated rings. The second-order valence-corrected chi connectivity index (χ2v) is 8.53. The second kappa shape index (κ2) is 5.86. The van der Waals surface area contributed by atoms with Crippen LogP contribution in [-0.4, -0.2) is 19.4 Å². The second-order valence-electron chi connectivity index (χ2n) is 3.47. The minimum absolute atomic E-state index is 0.0361. The number of thiophene rings is 1. The zero-order valence-electron chi connectivity index (χ0n) is 9.42. The molecule has 2 aromatic heterocycles. The first-order chi connectivity index (χ1) is 9.28. The highest BCUT2D eigenvalue weighted by atomic mass is 35.5. The summed E-state index contributed by atoms with van der Waals surface area (Å²) in [5, 5.41) is 10.5. The molecule has 0 bridgehead atoms. The Balaban J connectivity index is 2.22. The molecule has 0 saturated heterocycles. The Labute approximate surface area is 132 Å². The van der Waals surface area contributed by atoms with Gasteiger partial charge in [0.05, 0.1) is 4.34 Å². The molecule has 6 nitrogen and oxygen atoms in total. The Hall–Kier alpha value is -0.870. The summed E-state index contributed by atoms with van der Waals surface area (Å²) in [7, 11) is -3.91. The van der Waals surface area contributed by atoms with Crippen LogP contribution < -0.4 is 9.83 Å². The maximum Gasteiger partial charge on any atom is 0.266 e. The number of rotatable bonds is 5. The summed E-state index contributed by atoms with van der Waals surface area (Å²) in [6, 6.07) is 1.23. The lowest BCUT2D eigenvalue weighted by atomic mass is 10.4. The number of hydrogen-bond donors (Lipinski definition) is 1. The highest BCUT2D eigenvalue weighted by Gasteiger charge is 2.22. The summed E-state index contributed by atoms with van der Waals surface area (Å²) in [6.07, 6.45) is 0.935. The van der Waals surface area contributed by atoms with Gasteiger partial charge in [0, 0.05) is 23.5 Å². The van der Waals surface area contributed by atoms with Gasteiger partial charge in [0.15, 0.2) is 5.13 Å². The average molecular weight is 372 g/mol. The van der Waals surface area contributed by atoms with E-state index in [0.29, 0.717) is 4.88 Å². The van der Waals surface area contributed by atoms with E-state index in [9.17, 15) is 18.3 Å². The first-order valence-electron chi connectivity index (χ1n) is 4.90. The van der Waals surface area contributed by atoms with Gasteiger partial charge < -0.3 is 9.90 Å². The predicted molar refractivity (Wildman–Crippen MR) is 76.0 cm³/mol. The van der Waals surface area contributed by atoms with Gasteiger partial charge in [-0.1, -0.05) is 23.2 Å². The molecule has 0 unspecified atom stereocenters. The van der Waals surface area contributed by atoms with Gasteiger partial charge in [0.1, 0.15) is 9.23 Å². The van der Waals surface area contributed by atoms with Gasteiger partial charge in [0.2, 0.25) is 0 Å². The molecule has 0 saturated carbocycles. The lowest BCUT2D eigenvalue weighted by Crippen LogP contribution is -2.23. The van der Waals surface area contributed by atoms with Crippen LogP contribution in [0.3, 0.4) is 0 Å². The molecule has 0 aliphatic heterocycles. The van der Waals surface area contributed by atoms with Crippen LogP contribution in [0.2, 0.25) is 8.67 Å². The third-order valence-corrected chi connectivity index (χ3v) is 6.14. The van der Waals surface area contributed by atoms with Crippen molar-refractivity contribution in [3.8, 4) is 0 Å². The number of hydrogen-bond acceptors (Lipinski definition) is 7. The van der Waals surface area contributed by atoms with Crippen molar-refractivity contribution in [2.45, 2.75) is 11.3 Å². The van der Waals surface area contributed by atoms with Crippen molar-refractivity contribution in [2.75, 3.05) is 4.72 Å². The minimum Gasteiger partial charge on any atom is -0.550 e. The molecule has 0 spiro atoms. The van der Waals surface area contributed by atoms with E-state index in [1.165, 1.54) is 12.3 Å². The molecule has 2 heterocycles. The van der Waals surface area contributed by atoms with E-state index in [2.05, 4.69) is 9.71 Å². The quantitative estimate of drug-likeness (QED) is 0.860. The lowest BCUT2D eigenvalue weighted by molar-refractivity contribution is -0.304. The summed E-state index contributed by atoms with van der Waals surface area (Å²) in [4.78, 5) is 14.4. The minimum atomic E-state index is -3.91. The third kappa shape index (κ3) is 3.61. The normalized spacial score (nSPS) is 11.5. The summed E-state index contributed by atoms with van der Waals surface area (Å²) in [5.74, 6) is -1.27. The Morgan fingerprint density at radius 2 is 2.10 bits per heavy atom. The van der Waals surface area contributed by atoms with E-state index in [-0.39, 0.29) is 25.1 Å². The van der Waals surface area contributed by atoms with E-state index in [1.54, 1.807) is 0 Å². The maximum atomic E-state index is 12.1. The van der Waals surface area contributed by atoms with E-state index in [1.807, 2.05) is 0 Å². The number of anilines is 1. The van der Waals surface area contributed by atoms with E-state index in [0.717, 1.165) is 22.7 Å². The summed E-state index contributed by atoms with van der Waals surface area (Å²) in [5.41, 5.74) is 0. The predicted octanol–water partition coefficient (Wildman–Crippen LogP) is 1.60. The van der Waals surface area contributed by atoms with Crippen LogP contribution >= 0.6 is 45.9 Å². The monoisotopic (exact) mass is 371 g/mol. The summed E-state index contributed by atoms with van der Waals surface area (Å²) >= 11 is 13.3. The van der Waals surface area contributed by atoms with Gasteiger partial charge in [-0.2, -0.15) is 0 Å². The number of sulfonamides is 1. The molecule has 108 valence electrons. The van der Waals surface area contributed by atoms with Crippen molar-refractivity contribution in [3.63, 3.8) is 0 Å². The molecule has 11 heteroatoms. The SMILES string of the molecule is O=C([O-])Cc1cnc(NS(=O)(=O)c2cc(Cl)sc2Cl)s1. The fourth-order valence-corrected chi connectivity index (χ4v) is 5.45. The molecule has 0 aliphatic rings. The van der Waals surface area contributed by atoms with Crippen LogP contribution in [0, 0.1) is 0 Å². The average Bonchev–Trinajstić information content (AvgIpc) is 2.84. The van der Waals surface area contributed by atoms with Gasteiger partial charge in [-0.05, 0) is 6.07 Å². The maximum absolute atomic E-state index is 12.1. The van der Waals surface area contributed by atoms with Crippen LogP contribution in [0.4, 0.5) is 5.13 Å². The molecule has 2 rings (SSSR count). The number of carboxylic acid groups (broad SMARTS) is 1. The Kier molecular flexibility index (Phi) is 4.55. The number of aromatic nitrogens is 1. The number of carboxylic acids is 1. The fraction of sp³-hybridized carbons (Fsp3) is 0.111.